The highest BCUT2D eigenvalue weighted by molar-refractivity contribution is 5.92. The first-order valence-corrected chi connectivity index (χ1v) is 6.26. The number of hydrogen-bond acceptors (Lipinski definition) is 1. The van der Waals surface area contributed by atoms with Gasteiger partial charge < -0.3 is 0 Å². The summed E-state index contributed by atoms with van der Waals surface area (Å²) in [5, 5.41) is 2.44. The summed E-state index contributed by atoms with van der Waals surface area (Å²) in [5.41, 5.74) is 7.27. The van der Waals surface area contributed by atoms with Gasteiger partial charge in [-0.05, 0) is 28.5 Å². The second-order valence-electron chi connectivity index (χ2n) is 4.42. The van der Waals surface area contributed by atoms with E-state index in [-0.39, 0.29) is 0 Å². The first-order valence-electron chi connectivity index (χ1n) is 6.26. The van der Waals surface area contributed by atoms with Crippen molar-refractivity contribution in [1.29, 1.82) is 0 Å². The monoisotopic (exact) mass is 247 g/mol. The van der Waals surface area contributed by atoms with Crippen LogP contribution in [0.5, 0.6) is 0 Å². The lowest BCUT2D eigenvalue weighted by Crippen LogP contribution is -2.35. The van der Waals surface area contributed by atoms with E-state index in [9.17, 15) is 0 Å². The van der Waals surface area contributed by atoms with Crippen LogP contribution in [0.25, 0.3) is 22.7 Å². The molecule has 3 rings (SSSR count). The molecule has 0 aliphatic carbocycles. The fraction of sp³-hybridized carbons (Fsp3) is 0. The van der Waals surface area contributed by atoms with Crippen molar-refractivity contribution in [1.82, 2.24) is 0 Å². The van der Waals surface area contributed by atoms with Crippen molar-refractivity contribution in [2.24, 2.45) is 5.73 Å². The predicted octanol–water partition coefficient (Wildman–Crippen LogP) is 3.04. The maximum absolute atomic E-state index is 6.14. The van der Waals surface area contributed by atoms with E-state index < -0.39 is 0 Å². The highest BCUT2D eigenvalue weighted by Gasteiger charge is 2.03. The van der Waals surface area contributed by atoms with Crippen LogP contribution >= 0.6 is 0 Å². The van der Waals surface area contributed by atoms with Gasteiger partial charge in [-0.3, -0.25) is 5.73 Å². The molecule has 0 amide bonds. The number of pyridine rings is 1. The zero-order chi connectivity index (χ0) is 13.1. The summed E-state index contributed by atoms with van der Waals surface area (Å²) in [6.45, 7) is 0. The van der Waals surface area contributed by atoms with Gasteiger partial charge in [0.2, 0.25) is 0 Å². The third kappa shape index (κ3) is 2.33. The molecule has 2 nitrogen and oxygen atoms in total. The van der Waals surface area contributed by atoms with Gasteiger partial charge >= 0.3 is 0 Å². The van der Waals surface area contributed by atoms with Crippen LogP contribution < -0.4 is 10.3 Å². The van der Waals surface area contributed by atoms with Gasteiger partial charge in [0.05, 0.1) is 12.4 Å². The van der Waals surface area contributed by atoms with E-state index in [0.29, 0.717) is 5.82 Å². The van der Waals surface area contributed by atoms with Gasteiger partial charge in [-0.1, -0.05) is 48.5 Å². The maximum atomic E-state index is 6.14. The molecule has 0 saturated carbocycles. The van der Waals surface area contributed by atoms with Crippen molar-refractivity contribution in [2.45, 2.75) is 0 Å². The standard InChI is InChI=1S/C17H15N2/c18-17(19-11-4-1-5-12-19)13-15-9-6-8-14-7-2-3-10-16(14)15/h1-13H,18H2/q+1. The average molecular weight is 247 g/mol. The van der Waals surface area contributed by atoms with E-state index in [1.54, 1.807) is 0 Å². The number of aromatic nitrogens is 1. The Kier molecular flexibility index (Phi) is 2.99. The van der Waals surface area contributed by atoms with Gasteiger partial charge in [0.1, 0.15) is 0 Å². The average Bonchev–Trinajstić information content (AvgIpc) is 2.48. The minimum absolute atomic E-state index is 0.706. The molecule has 0 aliphatic rings. The van der Waals surface area contributed by atoms with E-state index in [2.05, 4.69) is 30.3 Å². The third-order valence-electron chi connectivity index (χ3n) is 3.14. The normalized spacial score (nSPS) is 11.7. The molecule has 0 radical (unpaired) electrons. The molecule has 0 bridgehead atoms. The highest BCUT2D eigenvalue weighted by Crippen LogP contribution is 2.20. The van der Waals surface area contributed by atoms with Crippen LogP contribution in [0.1, 0.15) is 5.56 Å². The van der Waals surface area contributed by atoms with E-state index in [0.717, 1.165) is 5.56 Å². The molecule has 0 unspecified atom stereocenters. The van der Waals surface area contributed by atoms with Crippen LogP contribution in [0.15, 0.2) is 73.1 Å². The highest BCUT2D eigenvalue weighted by atomic mass is 15.0. The fourth-order valence-corrected chi connectivity index (χ4v) is 2.18. The van der Waals surface area contributed by atoms with Gasteiger partial charge in [-0.2, -0.15) is 0 Å². The minimum atomic E-state index is 0.706. The van der Waals surface area contributed by atoms with E-state index in [1.165, 1.54) is 10.8 Å². The summed E-state index contributed by atoms with van der Waals surface area (Å²) in [6, 6.07) is 20.5. The first-order chi connectivity index (χ1) is 9.34. The Labute approximate surface area is 112 Å². The second kappa shape index (κ2) is 4.94. The molecular weight excluding hydrogens is 232 g/mol. The van der Waals surface area contributed by atoms with Crippen molar-refractivity contribution >= 4 is 22.7 Å². The Hall–Kier alpha value is -2.61. The fourth-order valence-electron chi connectivity index (χ4n) is 2.18. The lowest BCUT2D eigenvalue weighted by atomic mass is 10.0. The zero-order valence-electron chi connectivity index (χ0n) is 10.5. The summed E-state index contributed by atoms with van der Waals surface area (Å²) < 4.78 is 1.90. The van der Waals surface area contributed by atoms with Crippen molar-refractivity contribution in [3.05, 3.63) is 78.6 Å². The molecule has 0 spiro atoms. The van der Waals surface area contributed by atoms with Crippen molar-refractivity contribution in [3.8, 4) is 0 Å². The van der Waals surface area contributed by atoms with Crippen molar-refractivity contribution < 1.29 is 4.57 Å². The largest absolute Gasteiger partial charge is 0.287 e. The molecule has 0 saturated heterocycles. The predicted molar refractivity (Wildman–Crippen MR) is 78.9 cm³/mol. The van der Waals surface area contributed by atoms with Crippen LogP contribution in [0.2, 0.25) is 0 Å². The van der Waals surface area contributed by atoms with Gasteiger partial charge in [0, 0.05) is 6.08 Å². The SMILES string of the molecule is NC(=Cc1cccc2ccccc12)[n+]1ccccc1. The van der Waals surface area contributed by atoms with Crippen LogP contribution in [-0.4, -0.2) is 0 Å². The Morgan fingerprint density at radius 3 is 2.42 bits per heavy atom. The summed E-state index contributed by atoms with van der Waals surface area (Å²) in [5.74, 6) is 0.706. The molecular formula is C17H15N2+. The number of hydrogen-bond donors (Lipinski definition) is 1. The van der Waals surface area contributed by atoms with Crippen molar-refractivity contribution in [3.63, 3.8) is 0 Å². The molecule has 2 N–H and O–H groups in total. The Morgan fingerprint density at radius 1 is 0.842 bits per heavy atom. The number of fused-ring (bicyclic) bond motifs is 1. The number of nitrogens with zero attached hydrogens (tertiary/aromatic N) is 1. The smallest absolute Gasteiger partial charge is 0.277 e. The summed E-state index contributed by atoms with van der Waals surface area (Å²) in [7, 11) is 0. The summed E-state index contributed by atoms with van der Waals surface area (Å²) in [4.78, 5) is 0. The number of rotatable bonds is 2. The van der Waals surface area contributed by atoms with E-state index in [4.69, 9.17) is 5.73 Å². The molecule has 0 fully saturated rings. The second-order valence-corrected chi connectivity index (χ2v) is 4.42. The van der Waals surface area contributed by atoms with E-state index >= 15 is 0 Å². The summed E-state index contributed by atoms with van der Waals surface area (Å²) in [6.07, 6.45) is 5.89. The van der Waals surface area contributed by atoms with Gasteiger partial charge in [0.15, 0.2) is 0 Å². The molecule has 1 heterocycles. The summed E-state index contributed by atoms with van der Waals surface area (Å²) >= 11 is 0. The van der Waals surface area contributed by atoms with Gasteiger partial charge in [0.25, 0.3) is 5.82 Å². The maximum Gasteiger partial charge on any atom is 0.277 e. The first kappa shape index (κ1) is 11.5. The zero-order valence-corrected chi connectivity index (χ0v) is 10.5. The Bertz CT molecular complexity index is 725. The van der Waals surface area contributed by atoms with Crippen LogP contribution in [0.3, 0.4) is 0 Å². The van der Waals surface area contributed by atoms with Crippen LogP contribution in [0.4, 0.5) is 0 Å². The third-order valence-corrected chi connectivity index (χ3v) is 3.14. The lowest BCUT2D eigenvalue weighted by molar-refractivity contribution is -0.581. The lowest BCUT2D eigenvalue weighted by Gasteiger charge is -2.02. The Morgan fingerprint density at radius 2 is 1.58 bits per heavy atom. The topological polar surface area (TPSA) is 29.9 Å². The van der Waals surface area contributed by atoms with Crippen molar-refractivity contribution in [2.75, 3.05) is 0 Å². The Balaban J connectivity index is 2.11. The van der Waals surface area contributed by atoms with Crippen LogP contribution in [-0.2, 0) is 0 Å². The molecule has 92 valence electrons. The van der Waals surface area contributed by atoms with E-state index in [1.807, 2.05) is 53.4 Å². The molecule has 2 heteroatoms. The minimum Gasteiger partial charge on any atom is -0.287 e. The molecule has 3 aromatic rings. The van der Waals surface area contributed by atoms with Gasteiger partial charge in [-0.15, -0.1) is 0 Å². The quantitative estimate of drug-likeness (QED) is 0.693. The molecule has 2 aromatic carbocycles. The number of benzene rings is 2. The van der Waals surface area contributed by atoms with Crippen LogP contribution in [0, 0.1) is 0 Å². The molecule has 0 aliphatic heterocycles. The van der Waals surface area contributed by atoms with Gasteiger partial charge in [-0.25, -0.2) is 4.57 Å². The molecule has 19 heavy (non-hydrogen) atoms. The molecule has 0 atom stereocenters. The molecule has 1 aromatic heterocycles. The number of nitrogens with two attached hydrogens (primary N) is 1.